The van der Waals surface area contributed by atoms with Gasteiger partial charge in [0, 0.05) is 44.8 Å². The van der Waals surface area contributed by atoms with Crippen molar-refractivity contribution in [1.29, 1.82) is 0 Å². The summed E-state index contributed by atoms with van der Waals surface area (Å²) >= 11 is 0. The van der Waals surface area contributed by atoms with E-state index in [1.165, 1.54) is 0 Å². The van der Waals surface area contributed by atoms with Crippen LogP contribution in [0.2, 0.25) is 0 Å². The number of nitrogens with one attached hydrogen (secondary N) is 2. The number of ether oxygens (including phenoxy) is 2. The van der Waals surface area contributed by atoms with E-state index < -0.39 is 0 Å². The Morgan fingerprint density at radius 2 is 2.00 bits per heavy atom. The van der Waals surface area contributed by atoms with Crippen molar-refractivity contribution in [2.24, 2.45) is 5.41 Å². The molecule has 2 unspecified atom stereocenters. The van der Waals surface area contributed by atoms with E-state index in [0.29, 0.717) is 12.1 Å². The molecule has 4 nitrogen and oxygen atoms in total. The monoisotopic (exact) mass is 244 g/mol. The highest BCUT2D eigenvalue weighted by Gasteiger charge is 2.48. The van der Waals surface area contributed by atoms with Crippen LogP contribution in [0, 0.1) is 5.41 Å². The molecule has 2 atom stereocenters. The highest BCUT2D eigenvalue weighted by Crippen LogP contribution is 2.42. The zero-order valence-corrected chi connectivity index (χ0v) is 11.7. The summed E-state index contributed by atoms with van der Waals surface area (Å²) in [5, 5.41) is 6.93. The van der Waals surface area contributed by atoms with E-state index in [0.717, 1.165) is 39.3 Å². The highest BCUT2D eigenvalue weighted by atomic mass is 16.5. The molecule has 0 aromatic rings. The maximum absolute atomic E-state index is 5.71. The molecule has 4 heteroatoms. The van der Waals surface area contributed by atoms with Gasteiger partial charge in [0.1, 0.15) is 0 Å². The van der Waals surface area contributed by atoms with E-state index in [2.05, 4.69) is 31.4 Å². The maximum Gasteiger partial charge on any atom is 0.0655 e. The molecule has 0 heterocycles. The van der Waals surface area contributed by atoms with Crippen LogP contribution in [0.15, 0.2) is 0 Å². The molecule has 0 amide bonds. The van der Waals surface area contributed by atoms with Gasteiger partial charge in [0.25, 0.3) is 0 Å². The summed E-state index contributed by atoms with van der Waals surface area (Å²) in [5.74, 6) is 0. The SMILES string of the molecule is CCOC1CC(NCCNCCOC)C1(C)C. The van der Waals surface area contributed by atoms with Gasteiger partial charge in [-0.05, 0) is 13.3 Å². The van der Waals surface area contributed by atoms with Crippen molar-refractivity contribution in [3.63, 3.8) is 0 Å². The van der Waals surface area contributed by atoms with Gasteiger partial charge in [0.2, 0.25) is 0 Å². The lowest BCUT2D eigenvalue weighted by molar-refractivity contribution is -0.113. The summed E-state index contributed by atoms with van der Waals surface area (Å²) in [6, 6.07) is 0.586. The van der Waals surface area contributed by atoms with Crippen LogP contribution in [0.1, 0.15) is 27.2 Å². The Bertz CT molecular complexity index is 210. The molecule has 17 heavy (non-hydrogen) atoms. The first-order valence-corrected chi connectivity index (χ1v) is 6.67. The lowest BCUT2D eigenvalue weighted by atomic mass is 9.64. The number of hydrogen-bond acceptors (Lipinski definition) is 4. The average Bonchev–Trinajstić information content (AvgIpc) is 2.31. The third kappa shape index (κ3) is 4.21. The van der Waals surface area contributed by atoms with Crippen LogP contribution in [0.5, 0.6) is 0 Å². The van der Waals surface area contributed by atoms with Crippen LogP contribution in [0.3, 0.4) is 0 Å². The van der Waals surface area contributed by atoms with Crippen molar-refractivity contribution in [3.8, 4) is 0 Å². The quantitative estimate of drug-likeness (QED) is 0.594. The van der Waals surface area contributed by atoms with Crippen LogP contribution in [-0.2, 0) is 9.47 Å². The van der Waals surface area contributed by atoms with E-state index in [9.17, 15) is 0 Å². The lowest BCUT2D eigenvalue weighted by Gasteiger charge is -2.52. The molecule has 0 aromatic carbocycles. The van der Waals surface area contributed by atoms with Gasteiger partial charge in [-0.2, -0.15) is 0 Å². The Morgan fingerprint density at radius 1 is 1.24 bits per heavy atom. The maximum atomic E-state index is 5.71. The van der Waals surface area contributed by atoms with Crippen molar-refractivity contribution < 1.29 is 9.47 Å². The topological polar surface area (TPSA) is 42.5 Å². The normalized spacial score (nSPS) is 26.8. The van der Waals surface area contributed by atoms with Crippen molar-refractivity contribution in [3.05, 3.63) is 0 Å². The Hall–Kier alpha value is -0.160. The van der Waals surface area contributed by atoms with E-state index in [1.807, 2.05) is 0 Å². The molecule has 2 N–H and O–H groups in total. The smallest absolute Gasteiger partial charge is 0.0655 e. The molecule has 0 radical (unpaired) electrons. The summed E-state index contributed by atoms with van der Waals surface area (Å²) in [6.45, 7) is 11.2. The number of methoxy groups -OCH3 is 1. The second-order valence-electron chi connectivity index (χ2n) is 5.25. The second kappa shape index (κ2) is 7.31. The molecule has 0 saturated heterocycles. The molecule has 0 aromatic heterocycles. The molecule has 1 saturated carbocycles. The summed E-state index contributed by atoms with van der Waals surface area (Å²) < 4.78 is 10.7. The predicted molar refractivity (Wildman–Crippen MR) is 70.3 cm³/mol. The minimum Gasteiger partial charge on any atom is -0.383 e. The molecule has 1 rings (SSSR count). The van der Waals surface area contributed by atoms with Crippen molar-refractivity contribution in [2.75, 3.05) is 40.0 Å². The number of rotatable bonds is 9. The molecule has 1 aliphatic carbocycles. The Kier molecular flexibility index (Phi) is 6.41. The molecule has 0 aliphatic heterocycles. The molecule has 0 spiro atoms. The zero-order valence-electron chi connectivity index (χ0n) is 11.7. The molecular formula is C13H28N2O2. The Labute approximate surface area is 105 Å². The van der Waals surface area contributed by atoms with Gasteiger partial charge in [0.15, 0.2) is 0 Å². The zero-order chi connectivity index (χ0) is 12.7. The van der Waals surface area contributed by atoms with Gasteiger partial charge >= 0.3 is 0 Å². The van der Waals surface area contributed by atoms with Crippen LogP contribution in [-0.4, -0.2) is 52.1 Å². The molecule has 102 valence electrons. The molecule has 1 aliphatic rings. The van der Waals surface area contributed by atoms with Crippen LogP contribution < -0.4 is 10.6 Å². The lowest BCUT2D eigenvalue weighted by Crippen LogP contribution is -2.61. The van der Waals surface area contributed by atoms with E-state index in [1.54, 1.807) is 7.11 Å². The Morgan fingerprint density at radius 3 is 2.59 bits per heavy atom. The first-order valence-electron chi connectivity index (χ1n) is 6.67. The van der Waals surface area contributed by atoms with Gasteiger partial charge in [-0.15, -0.1) is 0 Å². The van der Waals surface area contributed by atoms with E-state index in [4.69, 9.17) is 9.47 Å². The van der Waals surface area contributed by atoms with Crippen LogP contribution in [0.25, 0.3) is 0 Å². The minimum absolute atomic E-state index is 0.266. The fourth-order valence-corrected chi connectivity index (χ4v) is 2.35. The van der Waals surface area contributed by atoms with Gasteiger partial charge in [-0.3, -0.25) is 0 Å². The summed E-state index contributed by atoms with van der Waals surface area (Å²) in [6.07, 6.45) is 1.56. The van der Waals surface area contributed by atoms with E-state index >= 15 is 0 Å². The minimum atomic E-state index is 0.266. The molecule has 1 fully saturated rings. The molecule has 0 bridgehead atoms. The first kappa shape index (κ1) is 14.9. The largest absolute Gasteiger partial charge is 0.383 e. The van der Waals surface area contributed by atoms with Crippen LogP contribution in [0.4, 0.5) is 0 Å². The fraction of sp³-hybridized carbons (Fsp3) is 1.00. The average molecular weight is 244 g/mol. The fourth-order valence-electron chi connectivity index (χ4n) is 2.35. The van der Waals surface area contributed by atoms with Crippen molar-refractivity contribution in [1.82, 2.24) is 10.6 Å². The second-order valence-corrected chi connectivity index (χ2v) is 5.25. The highest BCUT2D eigenvalue weighted by molar-refractivity contribution is 5.02. The predicted octanol–water partition coefficient (Wildman–Crippen LogP) is 1.02. The third-order valence-electron chi connectivity index (χ3n) is 3.72. The van der Waals surface area contributed by atoms with Crippen LogP contribution >= 0.6 is 0 Å². The summed E-state index contributed by atoms with van der Waals surface area (Å²) in [4.78, 5) is 0. The molecular weight excluding hydrogens is 216 g/mol. The van der Waals surface area contributed by atoms with Gasteiger partial charge in [0.05, 0.1) is 12.7 Å². The Balaban J connectivity index is 2.05. The van der Waals surface area contributed by atoms with Gasteiger partial charge < -0.3 is 20.1 Å². The number of hydrogen-bond donors (Lipinski definition) is 2. The summed E-state index contributed by atoms with van der Waals surface area (Å²) in [5.41, 5.74) is 0.266. The van der Waals surface area contributed by atoms with Crippen molar-refractivity contribution in [2.45, 2.75) is 39.3 Å². The standard InChI is InChI=1S/C13H28N2O2/c1-5-17-12-10-11(13(12,2)3)15-7-6-14-8-9-16-4/h11-12,14-15H,5-10H2,1-4H3. The summed E-state index contributed by atoms with van der Waals surface area (Å²) in [7, 11) is 1.73. The first-order chi connectivity index (χ1) is 8.12. The third-order valence-corrected chi connectivity index (χ3v) is 3.72. The van der Waals surface area contributed by atoms with Gasteiger partial charge in [-0.1, -0.05) is 13.8 Å². The van der Waals surface area contributed by atoms with Crippen molar-refractivity contribution >= 4 is 0 Å². The van der Waals surface area contributed by atoms with Gasteiger partial charge in [-0.25, -0.2) is 0 Å². The van der Waals surface area contributed by atoms with E-state index in [-0.39, 0.29) is 5.41 Å².